The molecule has 0 amide bonds. The second-order valence-electron chi connectivity index (χ2n) is 5.00. The van der Waals surface area contributed by atoms with Crippen molar-refractivity contribution in [1.82, 2.24) is 0 Å². The molecule has 0 aromatic heterocycles. The van der Waals surface area contributed by atoms with E-state index in [0.29, 0.717) is 17.9 Å². The number of aliphatic hydroxyl groups excluding tert-OH is 1. The van der Waals surface area contributed by atoms with Crippen molar-refractivity contribution >= 4 is 0 Å². The average Bonchev–Trinajstić information content (AvgIpc) is 2.64. The predicted octanol–water partition coefficient (Wildman–Crippen LogP) is 2.05. The Morgan fingerprint density at radius 1 is 1.13 bits per heavy atom. The van der Waals surface area contributed by atoms with Crippen molar-refractivity contribution in [3.8, 4) is 0 Å². The number of ether oxygens (including phenoxy) is 1. The summed E-state index contributed by atoms with van der Waals surface area (Å²) in [6.07, 6.45) is 13.4. The van der Waals surface area contributed by atoms with Gasteiger partial charge in [-0.2, -0.15) is 0 Å². The van der Waals surface area contributed by atoms with Crippen molar-refractivity contribution in [1.29, 1.82) is 0 Å². The highest BCUT2D eigenvalue weighted by molar-refractivity contribution is 5.14. The molecule has 82 valence electrons. The quantitative estimate of drug-likeness (QED) is 0.665. The van der Waals surface area contributed by atoms with Gasteiger partial charge in [0.25, 0.3) is 0 Å². The Bertz CT molecular complexity index is 308. The number of fused-ring (bicyclic) bond motifs is 3. The zero-order valence-electron chi connectivity index (χ0n) is 8.93. The minimum Gasteiger partial charge on any atom is -0.393 e. The maximum atomic E-state index is 9.62. The molecule has 0 spiro atoms. The molecule has 0 radical (unpaired) electrons. The SMILES string of the molecule is OCC12CC=CCC1C1CC=CCC1O2. The number of aliphatic hydroxyl groups is 1. The first kappa shape index (κ1) is 9.61. The van der Waals surface area contributed by atoms with Crippen LogP contribution in [0.2, 0.25) is 0 Å². The summed E-state index contributed by atoms with van der Waals surface area (Å²) < 4.78 is 6.15. The first-order valence-corrected chi connectivity index (χ1v) is 5.94. The molecule has 3 aliphatic rings. The van der Waals surface area contributed by atoms with E-state index < -0.39 is 0 Å². The Morgan fingerprint density at radius 3 is 2.80 bits per heavy atom. The molecule has 2 aliphatic carbocycles. The molecule has 0 aromatic carbocycles. The lowest BCUT2D eigenvalue weighted by molar-refractivity contribution is -0.0896. The van der Waals surface area contributed by atoms with E-state index >= 15 is 0 Å². The van der Waals surface area contributed by atoms with Gasteiger partial charge in [-0.1, -0.05) is 24.3 Å². The number of rotatable bonds is 1. The summed E-state index contributed by atoms with van der Waals surface area (Å²) in [7, 11) is 0. The number of hydrogen-bond donors (Lipinski definition) is 1. The van der Waals surface area contributed by atoms with E-state index in [-0.39, 0.29) is 12.2 Å². The summed E-state index contributed by atoms with van der Waals surface area (Å²) in [5, 5.41) is 9.62. The van der Waals surface area contributed by atoms with E-state index in [4.69, 9.17) is 4.74 Å². The molecule has 3 rings (SSSR count). The smallest absolute Gasteiger partial charge is 0.0984 e. The topological polar surface area (TPSA) is 29.5 Å². The van der Waals surface area contributed by atoms with Gasteiger partial charge in [0.15, 0.2) is 0 Å². The molecule has 1 saturated heterocycles. The lowest BCUT2D eigenvalue weighted by Crippen LogP contribution is -2.41. The van der Waals surface area contributed by atoms with Gasteiger partial charge in [0.2, 0.25) is 0 Å². The van der Waals surface area contributed by atoms with Gasteiger partial charge in [-0.05, 0) is 37.5 Å². The van der Waals surface area contributed by atoms with Crippen LogP contribution >= 0.6 is 0 Å². The lowest BCUT2D eigenvalue weighted by atomic mass is 9.71. The second-order valence-corrected chi connectivity index (χ2v) is 5.00. The Labute approximate surface area is 90.6 Å². The fourth-order valence-electron chi connectivity index (χ4n) is 3.48. The highest BCUT2D eigenvalue weighted by Gasteiger charge is 2.53. The van der Waals surface area contributed by atoms with E-state index in [9.17, 15) is 5.11 Å². The molecule has 0 aromatic rings. The van der Waals surface area contributed by atoms with E-state index in [2.05, 4.69) is 24.3 Å². The fraction of sp³-hybridized carbons (Fsp3) is 0.692. The van der Waals surface area contributed by atoms with Crippen LogP contribution in [-0.4, -0.2) is 23.4 Å². The second kappa shape index (κ2) is 3.46. The van der Waals surface area contributed by atoms with E-state index in [0.717, 1.165) is 25.7 Å². The molecular formula is C13H18O2. The van der Waals surface area contributed by atoms with Crippen molar-refractivity contribution in [2.45, 2.75) is 37.4 Å². The molecule has 2 nitrogen and oxygen atoms in total. The Kier molecular flexibility index (Phi) is 2.22. The number of allylic oxidation sites excluding steroid dienone is 2. The van der Waals surface area contributed by atoms with E-state index in [1.54, 1.807) is 0 Å². The predicted molar refractivity (Wildman–Crippen MR) is 58.4 cm³/mol. The average molecular weight is 206 g/mol. The third kappa shape index (κ3) is 1.31. The van der Waals surface area contributed by atoms with Gasteiger partial charge < -0.3 is 9.84 Å². The monoisotopic (exact) mass is 206 g/mol. The van der Waals surface area contributed by atoms with Gasteiger partial charge in [-0.25, -0.2) is 0 Å². The van der Waals surface area contributed by atoms with Crippen molar-refractivity contribution in [2.24, 2.45) is 11.8 Å². The largest absolute Gasteiger partial charge is 0.393 e. The molecule has 2 heteroatoms. The Balaban J connectivity index is 1.92. The normalized spacial score (nSPS) is 47.7. The standard InChI is InChI=1S/C13H18O2/c14-9-13-8-4-3-6-11(13)10-5-1-2-7-12(10)15-13/h1-4,10-12,14H,5-9H2. The van der Waals surface area contributed by atoms with Crippen molar-refractivity contribution < 1.29 is 9.84 Å². The van der Waals surface area contributed by atoms with Gasteiger partial charge in [-0.3, -0.25) is 0 Å². The minimum absolute atomic E-state index is 0.176. The molecule has 1 heterocycles. The maximum absolute atomic E-state index is 9.62. The number of hydrogen-bond acceptors (Lipinski definition) is 2. The highest BCUT2D eigenvalue weighted by atomic mass is 16.5. The maximum Gasteiger partial charge on any atom is 0.0984 e. The third-order valence-corrected chi connectivity index (χ3v) is 4.29. The van der Waals surface area contributed by atoms with Crippen LogP contribution in [0.4, 0.5) is 0 Å². The summed E-state index contributed by atoms with van der Waals surface area (Å²) in [6, 6.07) is 0. The van der Waals surface area contributed by atoms with E-state index in [1.165, 1.54) is 0 Å². The van der Waals surface area contributed by atoms with Crippen LogP contribution in [0.15, 0.2) is 24.3 Å². The van der Waals surface area contributed by atoms with Crippen LogP contribution < -0.4 is 0 Å². The van der Waals surface area contributed by atoms with Crippen LogP contribution in [0.3, 0.4) is 0 Å². The lowest BCUT2D eigenvalue weighted by Gasteiger charge is -2.35. The molecule has 4 unspecified atom stereocenters. The molecule has 0 bridgehead atoms. The summed E-state index contributed by atoms with van der Waals surface area (Å²) in [6.45, 7) is 0.176. The minimum atomic E-state index is -0.254. The fourth-order valence-corrected chi connectivity index (χ4v) is 3.48. The summed E-state index contributed by atoms with van der Waals surface area (Å²) in [5.74, 6) is 1.16. The van der Waals surface area contributed by atoms with Crippen molar-refractivity contribution in [2.75, 3.05) is 6.61 Å². The molecule has 1 N–H and O–H groups in total. The third-order valence-electron chi connectivity index (χ3n) is 4.29. The van der Waals surface area contributed by atoms with Gasteiger partial charge in [0, 0.05) is 0 Å². The van der Waals surface area contributed by atoms with Crippen molar-refractivity contribution in [3.63, 3.8) is 0 Å². The van der Waals surface area contributed by atoms with Gasteiger partial charge >= 0.3 is 0 Å². The van der Waals surface area contributed by atoms with Crippen LogP contribution in [0.25, 0.3) is 0 Å². The summed E-state index contributed by atoms with van der Waals surface area (Å²) in [5.41, 5.74) is -0.254. The molecule has 1 fully saturated rings. The van der Waals surface area contributed by atoms with Crippen molar-refractivity contribution in [3.05, 3.63) is 24.3 Å². The zero-order chi connectivity index (χ0) is 10.3. The molecule has 1 aliphatic heterocycles. The Hall–Kier alpha value is -0.600. The van der Waals surface area contributed by atoms with Crippen LogP contribution in [0.5, 0.6) is 0 Å². The van der Waals surface area contributed by atoms with E-state index in [1.807, 2.05) is 0 Å². The van der Waals surface area contributed by atoms with Gasteiger partial charge in [-0.15, -0.1) is 0 Å². The highest BCUT2D eigenvalue weighted by Crippen LogP contribution is 2.50. The van der Waals surface area contributed by atoms with Crippen LogP contribution in [-0.2, 0) is 4.74 Å². The van der Waals surface area contributed by atoms with Crippen LogP contribution in [0.1, 0.15) is 25.7 Å². The Morgan fingerprint density at radius 2 is 1.93 bits per heavy atom. The molecular weight excluding hydrogens is 188 g/mol. The van der Waals surface area contributed by atoms with Gasteiger partial charge in [0.1, 0.15) is 0 Å². The summed E-state index contributed by atoms with van der Waals surface area (Å²) >= 11 is 0. The van der Waals surface area contributed by atoms with Gasteiger partial charge in [0.05, 0.1) is 18.3 Å². The molecule has 0 saturated carbocycles. The first-order valence-electron chi connectivity index (χ1n) is 5.94. The molecule has 4 atom stereocenters. The molecule has 15 heavy (non-hydrogen) atoms. The first-order chi connectivity index (χ1) is 7.36. The summed E-state index contributed by atoms with van der Waals surface area (Å²) in [4.78, 5) is 0. The zero-order valence-corrected chi connectivity index (χ0v) is 8.93. The van der Waals surface area contributed by atoms with Crippen LogP contribution in [0, 0.1) is 11.8 Å².